The van der Waals surface area contributed by atoms with Crippen LogP contribution >= 0.6 is 8.69 Å². The van der Waals surface area contributed by atoms with Gasteiger partial charge in [0.25, 0.3) is 6.47 Å². The molecule has 0 unspecified atom stereocenters. The van der Waals surface area contributed by atoms with Gasteiger partial charge in [-0.3, -0.25) is 9.32 Å². The van der Waals surface area contributed by atoms with E-state index in [-0.39, 0.29) is 20.1 Å². The first-order valence-electron chi connectivity index (χ1n) is 1.99. The van der Waals surface area contributed by atoms with Crippen LogP contribution in [0.2, 0.25) is 0 Å². The number of carbonyl (C=O) groups is 1. The summed E-state index contributed by atoms with van der Waals surface area (Å²) >= 11 is 0. The maximum Gasteiger partial charge on any atom is 0.329 e. The molecule has 6 heteroatoms. The van der Waals surface area contributed by atoms with Crippen LogP contribution in [0.5, 0.6) is 0 Å². The van der Waals surface area contributed by atoms with Crippen LogP contribution in [0, 0.1) is 0 Å². The Balaban J connectivity index is 2.74. The maximum atomic E-state index is 9.52. The normalized spacial score (nSPS) is 9.33. The third-order valence-corrected chi connectivity index (χ3v) is 0.619. The minimum atomic E-state index is -0.454. The highest BCUT2D eigenvalue weighted by atomic mass is 31.1. The number of hydrogen-bond acceptors (Lipinski definition) is 5. The van der Waals surface area contributed by atoms with Gasteiger partial charge >= 0.3 is 8.69 Å². The van der Waals surface area contributed by atoms with Gasteiger partial charge in [-0.1, -0.05) is 0 Å². The van der Waals surface area contributed by atoms with Crippen molar-refractivity contribution in [3.63, 3.8) is 0 Å². The van der Waals surface area contributed by atoms with E-state index in [1.54, 1.807) is 0 Å². The number of carbonyl (C=O) groups excluding carboxylic acids is 1. The number of rotatable bonds is 6. The van der Waals surface area contributed by atoms with Crippen molar-refractivity contribution in [3.8, 4) is 0 Å². The Morgan fingerprint density at radius 3 is 2.78 bits per heavy atom. The Hall–Kier alpha value is -0.510. The van der Waals surface area contributed by atoms with Gasteiger partial charge in [0.2, 0.25) is 0 Å². The summed E-state index contributed by atoms with van der Waals surface area (Å²) in [6, 6.07) is 0. The second-order valence-electron chi connectivity index (χ2n) is 0.906. The molecule has 0 spiro atoms. The Morgan fingerprint density at radius 2 is 2.22 bits per heavy atom. The zero-order valence-electron chi connectivity index (χ0n) is 4.48. The highest BCUT2D eigenvalue weighted by molar-refractivity contribution is 7.17. The molecule has 0 N–H and O–H groups in total. The minimum absolute atomic E-state index is 0.154. The van der Waals surface area contributed by atoms with E-state index >= 15 is 0 Å². The molecule has 0 saturated carbocycles. The second kappa shape index (κ2) is 7.49. The van der Waals surface area contributed by atoms with Gasteiger partial charge in [0.15, 0.2) is 13.6 Å². The average molecular weight is 152 g/mol. The van der Waals surface area contributed by atoms with Crippen LogP contribution < -0.4 is 0 Å². The molecule has 0 amide bonds. The third-order valence-electron chi connectivity index (χ3n) is 0.408. The molecule has 0 aliphatic rings. The minimum Gasteiger partial charge on any atom is -0.441 e. The standard InChI is InChI=1S/C3H5O5P/c4-1-6-2-7-3-8-9-5/h1H,2-3H2. The summed E-state index contributed by atoms with van der Waals surface area (Å²) in [6.45, 7) is -0.0905. The molecular formula is C3H5O5P. The zero-order chi connectivity index (χ0) is 6.95. The topological polar surface area (TPSA) is 61.8 Å². The summed E-state index contributed by atoms with van der Waals surface area (Å²) in [6.07, 6.45) is 0. The molecule has 0 aromatic heterocycles. The molecule has 0 aromatic rings. The smallest absolute Gasteiger partial charge is 0.329 e. The molecule has 0 atom stereocenters. The fourth-order valence-corrected chi connectivity index (χ4v) is 0.286. The van der Waals surface area contributed by atoms with Gasteiger partial charge < -0.3 is 9.47 Å². The Labute approximate surface area is 53.2 Å². The lowest BCUT2D eigenvalue weighted by molar-refractivity contribution is -0.146. The molecule has 0 heterocycles. The molecule has 52 valence electrons. The second-order valence-corrected chi connectivity index (χ2v) is 1.31. The summed E-state index contributed by atoms with van der Waals surface area (Å²) in [5.74, 6) is 0. The largest absolute Gasteiger partial charge is 0.441 e. The lowest BCUT2D eigenvalue weighted by Crippen LogP contribution is -1.99. The zero-order valence-corrected chi connectivity index (χ0v) is 5.37. The average Bonchev–Trinajstić information content (AvgIpc) is 1.89. The summed E-state index contributed by atoms with van der Waals surface area (Å²) in [5, 5.41) is 0. The Morgan fingerprint density at radius 1 is 1.44 bits per heavy atom. The van der Waals surface area contributed by atoms with Crippen molar-refractivity contribution < 1.29 is 23.4 Å². The first kappa shape index (κ1) is 8.49. The van der Waals surface area contributed by atoms with Gasteiger partial charge in [0.05, 0.1) is 0 Å². The summed E-state index contributed by atoms with van der Waals surface area (Å²) < 4.78 is 22.2. The van der Waals surface area contributed by atoms with Gasteiger partial charge in [0.1, 0.15) is 0 Å². The molecule has 0 fully saturated rings. The van der Waals surface area contributed by atoms with E-state index in [1.807, 2.05) is 0 Å². The van der Waals surface area contributed by atoms with E-state index < -0.39 is 8.69 Å². The molecule has 0 radical (unpaired) electrons. The van der Waals surface area contributed by atoms with E-state index in [2.05, 4.69) is 14.0 Å². The molecule has 9 heavy (non-hydrogen) atoms. The third kappa shape index (κ3) is 7.49. The van der Waals surface area contributed by atoms with E-state index in [4.69, 9.17) is 0 Å². The van der Waals surface area contributed by atoms with Crippen molar-refractivity contribution in [1.29, 1.82) is 0 Å². The lowest BCUT2D eigenvalue weighted by atomic mass is 11.3. The van der Waals surface area contributed by atoms with Crippen molar-refractivity contribution in [1.82, 2.24) is 0 Å². The summed E-state index contributed by atoms with van der Waals surface area (Å²) in [4.78, 5) is 9.43. The SMILES string of the molecule is O=COCOCOP=O. The van der Waals surface area contributed by atoms with E-state index in [0.717, 1.165) is 0 Å². The molecule has 5 nitrogen and oxygen atoms in total. The molecule has 0 bridgehead atoms. The fraction of sp³-hybridized carbons (Fsp3) is 0.667. The monoisotopic (exact) mass is 152 g/mol. The predicted molar refractivity (Wildman–Crippen MR) is 26.7 cm³/mol. The quantitative estimate of drug-likeness (QED) is 0.237. The Bertz CT molecular complexity index is 74.3. The summed E-state index contributed by atoms with van der Waals surface area (Å²) in [7, 11) is -0.454. The van der Waals surface area contributed by atoms with Gasteiger partial charge in [-0.15, -0.1) is 0 Å². The van der Waals surface area contributed by atoms with Crippen molar-refractivity contribution >= 4 is 15.2 Å². The van der Waals surface area contributed by atoms with Crippen LogP contribution in [0.4, 0.5) is 0 Å². The molecule has 0 aliphatic heterocycles. The van der Waals surface area contributed by atoms with Crippen molar-refractivity contribution in [2.75, 3.05) is 13.6 Å². The molecule has 0 aromatic carbocycles. The highest BCUT2D eigenvalue weighted by Crippen LogP contribution is 1.92. The number of hydrogen-bond donors (Lipinski definition) is 0. The van der Waals surface area contributed by atoms with Crippen molar-refractivity contribution in [3.05, 3.63) is 0 Å². The summed E-state index contributed by atoms with van der Waals surface area (Å²) in [5.41, 5.74) is 0. The fourth-order valence-electron chi connectivity index (χ4n) is 0.169. The van der Waals surface area contributed by atoms with Crippen LogP contribution in [0.1, 0.15) is 0 Å². The van der Waals surface area contributed by atoms with Crippen LogP contribution in [0.25, 0.3) is 0 Å². The molecule has 0 saturated heterocycles. The van der Waals surface area contributed by atoms with Crippen LogP contribution in [0.15, 0.2) is 0 Å². The van der Waals surface area contributed by atoms with E-state index in [0.29, 0.717) is 0 Å². The van der Waals surface area contributed by atoms with Crippen molar-refractivity contribution in [2.45, 2.75) is 0 Å². The van der Waals surface area contributed by atoms with Crippen LogP contribution in [0.3, 0.4) is 0 Å². The molecule has 0 aliphatic carbocycles. The van der Waals surface area contributed by atoms with Gasteiger partial charge in [0, 0.05) is 0 Å². The molecular weight excluding hydrogens is 147 g/mol. The van der Waals surface area contributed by atoms with E-state index in [9.17, 15) is 9.36 Å². The maximum absolute atomic E-state index is 9.52. The Kier molecular flexibility index (Phi) is 7.07. The van der Waals surface area contributed by atoms with Gasteiger partial charge in [-0.2, -0.15) is 0 Å². The van der Waals surface area contributed by atoms with Gasteiger partial charge in [-0.05, 0) is 0 Å². The van der Waals surface area contributed by atoms with Crippen molar-refractivity contribution in [2.24, 2.45) is 0 Å². The van der Waals surface area contributed by atoms with E-state index in [1.165, 1.54) is 0 Å². The first-order chi connectivity index (χ1) is 4.41. The highest BCUT2D eigenvalue weighted by Gasteiger charge is 1.83. The van der Waals surface area contributed by atoms with Crippen LogP contribution in [-0.2, 0) is 23.4 Å². The predicted octanol–water partition coefficient (Wildman–Crippen LogP) is 0.314. The van der Waals surface area contributed by atoms with Gasteiger partial charge in [-0.25, -0.2) is 4.57 Å². The number of ether oxygens (including phenoxy) is 2. The molecule has 0 rings (SSSR count). The lowest BCUT2D eigenvalue weighted by Gasteiger charge is -1.96. The van der Waals surface area contributed by atoms with Crippen LogP contribution in [-0.4, -0.2) is 20.1 Å². The first-order valence-corrected chi connectivity index (χ1v) is 2.72.